The molecule has 1 aliphatic carbocycles. The van der Waals surface area contributed by atoms with E-state index in [9.17, 15) is 9.18 Å². The van der Waals surface area contributed by atoms with Gasteiger partial charge in [-0.15, -0.1) is 0 Å². The fraction of sp³-hybridized carbons (Fsp3) is 0.250. The summed E-state index contributed by atoms with van der Waals surface area (Å²) in [6, 6.07) is 9.33. The summed E-state index contributed by atoms with van der Waals surface area (Å²) in [6.45, 7) is 0. The molecule has 1 aromatic heterocycles. The molecule has 1 aliphatic rings. The highest BCUT2D eigenvalue weighted by atomic mass is 19.1. The number of pyridine rings is 1. The van der Waals surface area contributed by atoms with Crippen LogP contribution in [-0.2, 0) is 10.2 Å². The van der Waals surface area contributed by atoms with E-state index in [0.717, 1.165) is 24.8 Å². The first-order chi connectivity index (χ1) is 10.1. The molecule has 0 atom stereocenters. The van der Waals surface area contributed by atoms with Crippen LogP contribution in [0, 0.1) is 5.82 Å². The average Bonchev–Trinajstić information content (AvgIpc) is 2.42. The number of nitrogens with one attached hydrogen (secondary N) is 1. The highest BCUT2D eigenvalue weighted by molar-refractivity contribution is 5.99. The molecule has 0 saturated heterocycles. The first-order valence-electron chi connectivity index (χ1n) is 6.89. The van der Waals surface area contributed by atoms with E-state index in [-0.39, 0.29) is 11.7 Å². The molecule has 1 aromatic carbocycles. The minimum Gasteiger partial charge on any atom is -0.384 e. The van der Waals surface area contributed by atoms with Crippen LogP contribution in [0.5, 0.6) is 0 Å². The molecule has 0 spiro atoms. The van der Waals surface area contributed by atoms with E-state index in [1.165, 1.54) is 12.1 Å². The smallest absolute Gasteiger partial charge is 0.235 e. The summed E-state index contributed by atoms with van der Waals surface area (Å²) < 4.78 is 12.9. The summed E-state index contributed by atoms with van der Waals surface area (Å²) in [5.41, 5.74) is 6.52. The number of carbonyl (C=O) groups excluding carboxylic acids is 1. The van der Waals surface area contributed by atoms with E-state index in [2.05, 4.69) is 10.3 Å². The summed E-state index contributed by atoms with van der Waals surface area (Å²) in [7, 11) is 0. The van der Waals surface area contributed by atoms with Crippen LogP contribution in [0.1, 0.15) is 24.8 Å². The largest absolute Gasteiger partial charge is 0.384 e. The van der Waals surface area contributed by atoms with Crippen molar-refractivity contribution >= 4 is 17.4 Å². The summed E-state index contributed by atoms with van der Waals surface area (Å²) in [5, 5.41) is 2.86. The molecule has 0 bridgehead atoms. The van der Waals surface area contributed by atoms with Crippen LogP contribution in [-0.4, -0.2) is 10.9 Å². The van der Waals surface area contributed by atoms with Gasteiger partial charge in [0.15, 0.2) is 0 Å². The topological polar surface area (TPSA) is 68.0 Å². The molecule has 1 fully saturated rings. The molecule has 5 heteroatoms. The van der Waals surface area contributed by atoms with Gasteiger partial charge in [0.25, 0.3) is 0 Å². The zero-order valence-electron chi connectivity index (χ0n) is 11.5. The minimum absolute atomic E-state index is 0.0769. The monoisotopic (exact) mass is 285 g/mol. The minimum atomic E-state index is -0.547. The first-order valence-corrected chi connectivity index (χ1v) is 6.89. The van der Waals surface area contributed by atoms with Gasteiger partial charge >= 0.3 is 0 Å². The number of hydrogen-bond acceptors (Lipinski definition) is 3. The van der Waals surface area contributed by atoms with Gasteiger partial charge in [0.1, 0.15) is 11.6 Å². The Morgan fingerprint density at radius 1 is 1.19 bits per heavy atom. The summed E-state index contributed by atoms with van der Waals surface area (Å²) in [5.74, 6) is 0.0354. The molecule has 4 nitrogen and oxygen atoms in total. The van der Waals surface area contributed by atoms with Crippen molar-refractivity contribution in [2.24, 2.45) is 0 Å². The molecular formula is C16H16FN3O. The second kappa shape index (κ2) is 5.16. The van der Waals surface area contributed by atoms with Crippen LogP contribution in [0.3, 0.4) is 0 Å². The molecule has 108 valence electrons. The van der Waals surface area contributed by atoms with Gasteiger partial charge in [-0.2, -0.15) is 0 Å². The Labute approximate surface area is 122 Å². The van der Waals surface area contributed by atoms with E-state index in [0.29, 0.717) is 11.5 Å². The Hall–Kier alpha value is -2.43. The number of carbonyl (C=O) groups is 1. The van der Waals surface area contributed by atoms with Crippen molar-refractivity contribution in [2.75, 3.05) is 11.1 Å². The van der Waals surface area contributed by atoms with Crippen LogP contribution in [0.2, 0.25) is 0 Å². The molecule has 21 heavy (non-hydrogen) atoms. The lowest BCUT2D eigenvalue weighted by Gasteiger charge is -2.40. The molecule has 1 saturated carbocycles. The lowest BCUT2D eigenvalue weighted by molar-refractivity contribution is -0.124. The molecule has 0 radical (unpaired) electrons. The molecule has 0 aliphatic heterocycles. The fourth-order valence-electron chi connectivity index (χ4n) is 2.65. The van der Waals surface area contributed by atoms with Crippen LogP contribution in [0.4, 0.5) is 15.9 Å². The van der Waals surface area contributed by atoms with Crippen molar-refractivity contribution in [1.29, 1.82) is 0 Å². The maximum Gasteiger partial charge on any atom is 0.235 e. The van der Waals surface area contributed by atoms with Gasteiger partial charge in [-0.05, 0) is 48.7 Å². The Balaban J connectivity index is 1.83. The second-order valence-electron chi connectivity index (χ2n) is 5.37. The number of nitrogen functional groups attached to an aromatic ring is 1. The quantitative estimate of drug-likeness (QED) is 0.911. The van der Waals surface area contributed by atoms with Crippen molar-refractivity contribution < 1.29 is 9.18 Å². The maximum absolute atomic E-state index is 12.9. The van der Waals surface area contributed by atoms with Crippen LogP contribution in [0.25, 0.3) is 0 Å². The average molecular weight is 285 g/mol. The molecule has 2 aromatic rings. The van der Waals surface area contributed by atoms with Crippen LogP contribution in [0.15, 0.2) is 42.6 Å². The van der Waals surface area contributed by atoms with Crippen molar-refractivity contribution in [3.05, 3.63) is 54.0 Å². The summed E-state index contributed by atoms with van der Waals surface area (Å²) in [6.07, 6.45) is 4.23. The molecular weight excluding hydrogens is 269 g/mol. The number of nitrogens with zero attached hydrogens (tertiary/aromatic N) is 1. The number of anilines is 2. The summed E-state index contributed by atoms with van der Waals surface area (Å²) in [4.78, 5) is 16.7. The number of nitrogens with two attached hydrogens (primary N) is 1. The van der Waals surface area contributed by atoms with Gasteiger partial charge in [0.05, 0.1) is 5.41 Å². The Morgan fingerprint density at radius 2 is 1.90 bits per heavy atom. The van der Waals surface area contributed by atoms with E-state index in [1.54, 1.807) is 24.4 Å². The van der Waals surface area contributed by atoms with E-state index < -0.39 is 5.41 Å². The molecule has 1 heterocycles. The number of hydrogen-bond donors (Lipinski definition) is 2. The van der Waals surface area contributed by atoms with Gasteiger partial charge in [0.2, 0.25) is 5.91 Å². The zero-order chi connectivity index (χ0) is 14.9. The van der Waals surface area contributed by atoms with Crippen molar-refractivity contribution in [2.45, 2.75) is 24.7 Å². The third-order valence-electron chi connectivity index (χ3n) is 4.08. The van der Waals surface area contributed by atoms with Crippen molar-refractivity contribution in [1.82, 2.24) is 4.98 Å². The number of amides is 1. The Kier molecular flexibility index (Phi) is 3.33. The van der Waals surface area contributed by atoms with Gasteiger partial charge in [0, 0.05) is 11.9 Å². The van der Waals surface area contributed by atoms with E-state index in [4.69, 9.17) is 5.73 Å². The van der Waals surface area contributed by atoms with E-state index >= 15 is 0 Å². The van der Waals surface area contributed by atoms with E-state index in [1.807, 2.05) is 6.07 Å². The molecule has 3 rings (SSSR count). The lowest BCUT2D eigenvalue weighted by Crippen LogP contribution is -2.46. The number of halogens is 1. The van der Waals surface area contributed by atoms with Crippen molar-refractivity contribution in [3.63, 3.8) is 0 Å². The standard InChI is InChI=1S/C16H16FN3O/c17-12-3-5-13(6-4-12)20-15(21)16(8-1-9-16)11-2-7-14(18)19-10-11/h2-7,10H,1,8-9H2,(H2,18,19)(H,20,21). The zero-order valence-corrected chi connectivity index (χ0v) is 11.5. The fourth-order valence-corrected chi connectivity index (χ4v) is 2.65. The van der Waals surface area contributed by atoms with Crippen LogP contribution >= 0.6 is 0 Å². The third-order valence-corrected chi connectivity index (χ3v) is 4.08. The third kappa shape index (κ3) is 2.46. The van der Waals surface area contributed by atoms with Gasteiger partial charge in [-0.3, -0.25) is 4.79 Å². The molecule has 1 amide bonds. The van der Waals surface area contributed by atoms with Gasteiger partial charge < -0.3 is 11.1 Å². The highest BCUT2D eigenvalue weighted by Gasteiger charge is 2.45. The predicted octanol–water partition coefficient (Wildman–Crippen LogP) is 2.86. The predicted molar refractivity (Wildman–Crippen MR) is 79.2 cm³/mol. The number of rotatable bonds is 3. The van der Waals surface area contributed by atoms with Crippen LogP contribution < -0.4 is 11.1 Å². The Morgan fingerprint density at radius 3 is 2.43 bits per heavy atom. The molecule has 3 N–H and O–H groups in total. The lowest BCUT2D eigenvalue weighted by atomic mass is 9.64. The van der Waals surface area contributed by atoms with Crippen molar-refractivity contribution in [3.8, 4) is 0 Å². The second-order valence-corrected chi connectivity index (χ2v) is 5.37. The first kappa shape index (κ1) is 13.5. The number of benzene rings is 1. The normalized spacial score (nSPS) is 16.0. The maximum atomic E-state index is 12.9. The number of aromatic nitrogens is 1. The molecule has 0 unspecified atom stereocenters. The van der Waals surface area contributed by atoms with Gasteiger partial charge in [-0.25, -0.2) is 9.37 Å². The summed E-state index contributed by atoms with van der Waals surface area (Å²) >= 11 is 0. The SMILES string of the molecule is Nc1ccc(C2(C(=O)Nc3ccc(F)cc3)CCC2)cn1. The van der Waals surface area contributed by atoms with Gasteiger partial charge in [-0.1, -0.05) is 12.5 Å². The Bertz CT molecular complexity index is 648. The highest BCUT2D eigenvalue weighted by Crippen LogP contribution is 2.44.